The van der Waals surface area contributed by atoms with Crippen LogP contribution >= 0.6 is 11.6 Å². The standard InChI is InChI=1S/C28H20ClN3/c1-28(2)23-10-6-5-9-21(23)22-14-13-20(16-24(22)28)26-30-25(31-27(29)32-26)19-12-11-17-7-3-4-8-18(17)15-19/h3-16H,1-2H3. The summed E-state index contributed by atoms with van der Waals surface area (Å²) in [4.78, 5) is 13.7. The second kappa shape index (κ2) is 6.98. The minimum Gasteiger partial charge on any atom is -0.208 e. The van der Waals surface area contributed by atoms with Crippen LogP contribution in [0.1, 0.15) is 25.0 Å². The smallest absolute Gasteiger partial charge is 0.208 e. The summed E-state index contributed by atoms with van der Waals surface area (Å²) in [6, 6.07) is 29.5. The molecule has 5 aromatic rings. The maximum absolute atomic E-state index is 6.35. The number of nitrogens with zero attached hydrogens (tertiary/aromatic N) is 3. The normalized spacial score (nSPS) is 13.7. The molecule has 32 heavy (non-hydrogen) atoms. The summed E-state index contributed by atoms with van der Waals surface area (Å²) < 4.78 is 0. The lowest BCUT2D eigenvalue weighted by Gasteiger charge is -2.21. The third kappa shape index (κ3) is 2.93. The van der Waals surface area contributed by atoms with Gasteiger partial charge in [0.1, 0.15) is 0 Å². The Morgan fingerprint density at radius 2 is 1.22 bits per heavy atom. The average molecular weight is 434 g/mol. The van der Waals surface area contributed by atoms with E-state index in [0.29, 0.717) is 11.6 Å². The third-order valence-corrected chi connectivity index (χ3v) is 6.63. The zero-order chi connectivity index (χ0) is 21.9. The Morgan fingerprint density at radius 1 is 0.594 bits per heavy atom. The van der Waals surface area contributed by atoms with Crippen LogP contribution in [-0.2, 0) is 5.41 Å². The lowest BCUT2D eigenvalue weighted by Crippen LogP contribution is -2.15. The van der Waals surface area contributed by atoms with Crippen LogP contribution in [0.25, 0.3) is 44.7 Å². The van der Waals surface area contributed by atoms with E-state index in [1.807, 2.05) is 18.2 Å². The zero-order valence-corrected chi connectivity index (χ0v) is 18.6. The summed E-state index contributed by atoms with van der Waals surface area (Å²) in [7, 11) is 0. The van der Waals surface area contributed by atoms with E-state index in [9.17, 15) is 0 Å². The van der Waals surface area contributed by atoms with Gasteiger partial charge in [-0.3, -0.25) is 0 Å². The maximum atomic E-state index is 6.35. The topological polar surface area (TPSA) is 38.7 Å². The van der Waals surface area contributed by atoms with Crippen LogP contribution in [0.15, 0.2) is 84.9 Å². The van der Waals surface area contributed by atoms with E-state index in [4.69, 9.17) is 16.6 Å². The van der Waals surface area contributed by atoms with Crippen molar-refractivity contribution in [3.05, 3.63) is 101 Å². The van der Waals surface area contributed by atoms with Crippen molar-refractivity contribution in [2.24, 2.45) is 0 Å². The molecule has 154 valence electrons. The molecule has 6 rings (SSSR count). The van der Waals surface area contributed by atoms with Gasteiger partial charge in [0.25, 0.3) is 0 Å². The van der Waals surface area contributed by atoms with Gasteiger partial charge in [0.15, 0.2) is 11.6 Å². The summed E-state index contributed by atoms with van der Waals surface area (Å²) in [5, 5.41) is 2.51. The second-order valence-electron chi connectivity index (χ2n) is 8.74. The molecule has 1 heterocycles. The van der Waals surface area contributed by atoms with Crippen LogP contribution < -0.4 is 0 Å². The van der Waals surface area contributed by atoms with Gasteiger partial charge in [-0.05, 0) is 56.8 Å². The maximum Gasteiger partial charge on any atom is 0.226 e. The molecule has 0 bridgehead atoms. The lowest BCUT2D eigenvalue weighted by molar-refractivity contribution is 0.660. The second-order valence-corrected chi connectivity index (χ2v) is 9.08. The van der Waals surface area contributed by atoms with Crippen LogP contribution in [0.5, 0.6) is 0 Å². The molecule has 0 saturated carbocycles. The van der Waals surface area contributed by atoms with E-state index >= 15 is 0 Å². The zero-order valence-electron chi connectivity index (χ0n) is 17.8. The average Bonchev–Trinajstić information content (AvgIpc) is 3.05. The molecule has 1 aliphatic rings. The van der Waals surface area contributed by atoms with Crippen molar-refractivity contribution < 1.29 is 0 Å². The molecule has 0 fully saturated rings. The number of fused-ring (bicyclic) bond motifs is 4. The highest BCUT2D eigenvalue weighted by molar-refractivity contribution is 6.28. The molecule has 0 saturated heterocycles. The van der Waals surface area contributed by atoms with Gasteiger partial charge >= 0.3 is 0 Å². The van der Waals surface area contributed by atoms with E-state index in [1.54, 1.807) is 0 Å². The van der Waals surface area contributed by atoms with E-state index in [1.165, 1.54) is 27.6 Å². The molecule has 0 unspecified atom stereocenters. The van der Waals surface area contributed by atoms with Crippen LogP contribution in [-0.4, -0.2) is 15.0 Å². The minimum absolute atomic E-state index is 0.0834. The first-order valence-electron chi connectivity index (χ1n) is 10.7. The first-order chi connectivity index (χ1) is 15.5. The number of halogens is 1. The summed E-state index contributed by atoms with van der Waals surface area (Å²) in [6.45, 7) is 4.53. The molecule has 0 N–H and O–H groups in total. The van der Waals surface area contributed by atoms with Crippen molar-refractivity contribution in [2.75, 3.05) is 0 Å². The molecular weight excluding hydrogens is 414 g/mol. The highest BCUT2D eigenvalue weighted by Crippen LogP contribution is 2.49. The number of hydrogen-bond donors (Lipinski definition) is 0. The van der Waals surface area contributed by atoms with Crippen LogP contribution in [0.4, 0.5) is 0 Å². The van der Waals surface area contributed by atoms with Gasteiger partial charge in [-0.25, -0.2) is 4.98 Å². The van der Waals surface area contributed by atoms with Gasteiger partial charge in [-0.15, -0.1) is 0 Å². The van der Waals surface area contributed by atoms with E-state index in [2.05, 4.69) is 90.5 Å². The van der Waals surface area contributed by atoms with Crippen molar-refractivity contribution in [2.45, 2.75) is 19.3 Å². The minimum atomic E-state index is -0.0834. The Balaban J connectivity index is 1.47. The fourth-order valence-corrected chi connectivity index (χ4v) is 4.94. The summed E-state index contributed by atoms with van der Waals surface area (Å²) in [6.07, 6.45) is 0. The van der Waals surface area contributed by atoms with Gasteiger partial charge in [0.05, 0.1) is 0 Å². The molecule has 4 heteroatoms. The monoisotopic (exact) mass is 433 g/mol. The van der Waals surface area contributed by atoms with Crippen molar-refractivity contribution in [1.82, 2.24) is 15.0 Å². The van der Waals surface area contributed by atoms with Gasteiger partial charge < -0.3 is 0 Å². The molecule has 1 aliphatic carbocycles. The van der Waals surface area contributed by atoms with Gasteiger partial charge in [-0.1, -0.05) is 86.6 Å². The third-order valence-electron chi connectivity index (χ3n) is 6.46. The summed E-state index contributed by atoms with van der Waals surface area (Å²) in [5.74, 6) is 1.16. The SMILES string of the molecule is CC1(C)c2ccccc2-c2ccc(-c3nc(Cl)nc(-c4ccc5ccccc5c4)n3)cc21. The summed E-state index contributed by atoms with van der Waals surface area (Å²) >= 11 is 6.35. The molecule has 4 aromatic carbocycles. The van der Waals surface area contributed by atoms with Crippen LogP contribution in [0.2, 0.25) is 5.28 Å². The number of aromatic nitrogens is 3. The molecular formula is C28H20ClN3. The fraction of sp³-hybridized carbons (Fsp3) is 0.107. The molecule has 1 aromatic heterocycles. The number of rotatable bonds is 2. The Morgan fingerprint density at radius 3 is 2.03 bits per heavy atom. The Kier molecular flexibility index (Phi) is 4.17. The van der Waals surface area contributed by atoms with Crippen molar-refractivity contribution in [3.8, 4) is 33.9 Å². The molecule has 0 atom stereocenters. The lowest BCUT2D eigenvalue weighted by atomic mass is 9.82. The van der Waals surface area contributed by atoms with Gasteiger partial charge in [-0.2, -0.15) is 9.97 Å². The van der Waals surface area contributed by atoms with Crippen LogP contribution in [0.3, 0.4) is 0 Å². The van der Waals surface area contributed by atoms with Crippen LogP contribution in [0, 0.1) is 0 Å². The molecule has 0 aliphatic heterocycles. The Hall–Kier alpha value is -3.56. The van der Waals surface area contributed by atoms with E-state index in [-0.39, 0.29) is 10.7 Å². The van der Waals surface area contributed by atoms with Gasteiger partial charge in [0.2, 0.25) is 5.28 Å². The van der Waals surface area contributed by atoms with Gasteiger partial charge in [0, 0.05) is 16.5 Å². The van der Waals surface area contributed by atoms with Crippen molar-refractivity contribution in [3.63, 3.8) is 0 Å². The largest absolute Gasteiger partial charge is 0.226 e. The van der Waals surface area contributed by atoms with Crippen molar-refractivity contribution in [1.29, 1.82) is 0 Å². The molecule has 0 amide bonds. The molecule has 0 spiro atoms. The molecule has 0 radical (unpaired) electrons. The summed E-state index contributed by atoms with van der Waals surface area (Å²) in [5.41, 5.74) is 6.96. The fourth-order valence-electron chi connectivity index (χ4n) is 4.78. The highest BCUT2D eigenvalue weighted by Gasteiger charge is 2.35. The predicted octanol–water partition coefficient (Wildman–Crippen LogP) is 7.32. The van der Waals surface area contributed by atoms with E-state index in [0.717, 1.165) is 16.5 Å². The van der Waals surface area contributed by atoms with E-state index < -0.39 is 0 Å². The molecule has 3 nitrogen and oxygen atoms in total. The Bertz CT molecular complexity index is 1520. The number of benzene rings is 4. The first kappa shape index (κ1) is 19.1. The van der Waals surface area contributed by atoms with Crippen molar-refractivity contribution >= 4 is 22.4 Å². The quantitative estimate of drug-likeness (QED) is 0.292. The Labute approximate surface area is 191 Å². The first-order valence-corrected chi connectivity index (χ1v) is 11.0. The number of hydrogen-bond acceptors (Lipinski definition) is 3. The highest BCUT2D eigenvalue weighted by atomic mass is 35.5. The predicted molar refractivity (Wildman–Crippen MR) is 131 cm³/mol.